The summed E-state index contributed by atoms with van der Waals surface area (Å²) in [6, 6.07) is 15.3. The fraction of sp³-hybridized carbons (Fsp3) is 0.235. The van der Waals surface area contributed by atoms with E-state index >= 15 is 0 Å². The predicted octanol–water partition coefficient (Wildman–Crippen LogP) is 2.39. The second-order valence-electron chi connectivity index (χ2n) is 5.18. The highest BCUT2D eigenvalue weighted by Gasteiger charge is 2.23. The van der Waals surface area contributed by atoms with Crippen LogP contribution in [0.5, 0.6) is 0 Å². The number of carbonyl (C=O) groups is 1. The van der Waals surface area contributed by atoms with Crippen molar-refractivity contribution in [2.45, 2.75) is 18.9 Å². The van der Waals surface area contributed by atoms with Crippen molar-refractivity contribution in [1.82, 2.24) is 5.32 Å². The van der Waals surface area contributed by atoms with Gasteiger partial charge in [0.2, 0.25) is 5.91 Å². The SMILES string of the molecule is CC(O)(CNC(=O)Cc1ccccc1F)c1ccccc1. The van der Waals surface area contributed by atoms with Gasteiger partial charge in [-0.3, -0.25) is 4.79 Å². The summed E-state index contributed by atoms with van der Waals surface area (Å²) in [5.41, 5.74) is -0.0999. The Bertz CT molecular complexity index is 611. The van der Waals surface area contributed by atoms with E-state index in [0.29, 0.717) is 5.56 Å². The molecular formula is C17H18FNO2. The summed E-state index contributed by atoms with van der Waals surface area (Å²) in [6.07, 6.45) is -0.0441. The van der Waals surface area contributed by atoms with E-state index in [4.69, 9.17) is 0 Å². The van der Waals surface area contributed by atoms with Gasteiger partial charge in [-0.15, -0.1) is 0 Å². The number of rotatable bonds is 5. The molecule has 2 aromatic rings. The fourth-order valence-electron chi connectivity index (χ4n) is 2.05. The molecule has 21 heavy (non-hydrogen) atoms. The molecule has 1 unspecified atom stereocenters. The molecule has 0 aliphatic heterocycles. The number of benzene rings is 2. The first-order chi connectivity index (χ1) is 9.99. The van der Waals surface area contributed by atoms with Crippen molar-refractivity contribution in [3.63, 3.8) is 0 Å². The van der Waals surface area contributed by atoms with Crippen molar-refractivity contribution in [3.05, 3.63) is 71.5 Å². The van der Waals surface area contributed by atoms with Crippen LogP contribution in [0.25, 0.3) is 0 Å². The Morgan fingerprint density at radius 2 is 1.76 bits per heavy atom. The van der Waals surface area contributed by atoms with Crippen LogP contribution in [0.1, 0.15) is 18.1 Å². The molecule has 4 heteroatoms. The van der Waals surface area contributed by atoms with Gasteiger partial charge in [-0.25, -0.2) is 4.39 Å². The number of hydrogen-bond acceptors (Lipinski definition) is 2. The van der Waals surface area contributed by atoms with Gasteiger partial charge in [-0.1, -0.05) is 48.5 Å². The Labute approximate surface area is 123 Å². The van der Waals surface area contributed by atoms with E-state index in [-0.39, 0.29) is 18.9 Å². The van der Waals surface area contributed by atoms with E-state index < -0.39 is 11.4 Å². The molecule has 0 radical (unpaired) electrons. The summed E-state index contributed by atoms with van der Waals surface area (Å²) >= 11 is 0. The van der Waals surface area contributed by atoms with Crippen LogP contribution in [0.4, 0.5) is 4.39 Å². The molecule has 0 aromatic heterocycles. The molecule has 0 bridgehead atoms. The Morgan fingerprint density at radius 3 is 2.43 bits per heavy atom. The van der Waals surface area contributed by atoms with Crippen LogP contribution in [0, 0.1) is 5.82 Å². The first kappa shape index (κ1) is 15.2. The minimum atomic E-state index is -1.16. The Morgan fingerprint density at radius 1 is 1.14 bits per heavy atom. The van der Waals surface area contributed by atoms with Crippen molar-refractivity contribution in [1.29, 1.82) is 0 Å². The average molecular weight is 287 g/mol. The largest absolute Gasteiger partial charge is 0.384 e. The van der Waals surface area contributed by atoms with Crippen LogP contribution < -0.4 is 5.32 Å². The monoisotopic (exact) mass is 287 g/mol. The summed E-state index contributed by atoms with van der Waals surface area (Å²) in [4.78, 5) is 11.9. The molecule has 0 fully saturated rings. The molecule has 2 N–H and O–H groups in total. The molecule has 2 aromatic carbocycles. The zero-order valence-electron chi connectivity index (χ0n) is 11.8. The lowest BCUT2D eigenvalue weighted by Gasteiger charge is -2.24. The van der Waals surface area contributed by atoms with E-state index in [1.807, 2.05) is 18.2 Å². The first-order valence-corrected chi connectivity index (χ1v) is 6.77. The molecule has 0 spiro atoms. The summed E-state index contributed by atoms with van der Waals surface area (Å²) in [7, 11) is 0. The zero-order valence-corrected chi connectivity index (χ0v) is 11.8. The first-order valence-electron chi connectivity index (χ1n) is 6.77. The number of hydrogen-bond donors (Lipinski definition) is 2. The second-order valence-corrected chi connectivity index (χ2v) is 5.18. The maximum Gasteiger partial charge on any atom is 0.224 e. The van der Waals surface area contributed by atoms with Crippen molar-refractivity contribution in [2.75, 3.05) is 6.54 Å². The standard InChI is InChI=1S/C17H18FNO2/c1-17(21,14-8-3-2-4-9-14)12-19-16(20)11-13-7-5-6-10-15(13)18/h2-10,21H,11-12H2,1H3,(H,19,20). The van der Waals surface area contributed by atoms with Gasteiger partial charge in [0, 0.05) is 0 Å². The normalized spacial score (nSPS) is 13.5. The third kappa shape index (κ3) is 4.13. The minimum absolute atomic E-state index is 0.0441. The maximum atomic E-state index is 13.5. The van der Waals surface area contributed by atoms with Gasteiger partial charge >= 0.3 is 0 Å². The van der Waals surface area contributed by atoms with Crippen LogP contribution in [0.2, 0.25) is 0 Å². The molecule has 2 rings (SSSR count). The van der Waals surface area contributed by atoms with Gasteiger partial charge in [0.05, 0.1) is 13.0 Å². The fourth-order valence-corrected chi connectivity index (χ4v) is 2.05. The summed E-state index contributed by atoms with van der Waals surface area (Å²) < 4.78 is 13.5. The van der Waals surface area contributed by atoms with Gasteiger partial charge in [0.25, 0.3) is 0 Å². The summed E-state index contributed by atoms with van der Waals surface area (Å²) in [5, 5.41) is 13.0. The van der Waals surface area contributed by atoms with Gasteiger partial charge in [-0.05, 0) is 24.1 Å². The van der Waals surface area contributed by atoms with E-state index in [1.165, 1.54) is 6.07 Å². The lowest BCUT2D eigenvalue weighted by atomic mass is 9.96. The molecule has 110 valence electrons. The summed E-state index contributed by atoms with van der Waals surface area (Å²) in [6.45, 7) is 1.70. The smallest absolute Gasteiger partial charge is 0.224 e. The third-order valence-electron chi connectivity index (χ3n) is 3.33. The van der Waals surface area contributed by atoms with Gasteiger partial charge in [0.15, 0.2) is 0 Å². The highest BCUT2D eigenvalue weighted by Crippen LogP contribution is 2.19. The van der Waals surface area contributed by atoms with E-state index in [9.17, 15) is 14.3 Å². The number of amides is 1. The van der Waals surface area contributed by atoms with Crippen molar-refractivity contribution in [3.8, 4) is 0 Å². The molecule has 0 saturated carbocycles. The Balaban J connectivity index is 1.94. The number of carbonyl (C=O) groups excluding carboxylic acids is 1. The van der Waals surface area contributed by atoms with E-state index in [2.05, 4.69) is 5.32 Å². The molecular weight excluding hydrogens is 269 g/mol. The van der Waals surface area contributed by atoms with Crippen LogP contribution >= 0.6 is 0 Å². The zero-order chi connectivity index (χ0) is 15.3. The van der Waals surface area contributed by atoms with E-state index in [0.717, 1.165) is 5.56 Å². The lowest BCUT2D eigenvalue weighted by molar-refractivity contribution is -0.121. The van der Waals surface area contributed by atoms with Crippen LogP contribution in [0.3, 0.4) is 0 Å². The highest BCUT2D eigenvalue weighted by atomic mass is 19.1. The molecule has 0 aliphatic carbocycles. The predicted molar refractivity (Wildman–Crippen MR) is 79.1 cm³/mol. The van der Waals surface area contributed by atoms with Gasteiger partial charge in [0.1, 0.15) is 11.4 Å². The number of halogens is 1. The number of nitrogens with one attached hydrogen (secondary N) is 1. The number of aliphatic hydroxyl groups is 1. The molecule has 0 saturated heterocycles. The van der Waals surface area contributed by atoms with Crippen LogP contribution in [-0.4, -0.2) is 17.6 Å². The third-order valence-corrected chi connectivity index (χ3v) is 3.33. The minimum Gasteiger partial charge on any atom is -0.384 e. The molecule has 1 atom stereocenters. The molecule has 3 nitrogen and oxygen atoms in total. The lowest BCUT2D eigenvalue weighted by Crippen LogP contribution is -2.39. The second kappa shape index (κ2) is 6.50. The highest BCUT2D eigenvalue weighted by molar-refractivity contribution is 5.78. The van der Waals surface area contributed by atoms with Crippen molar-refractivity contribution < 1.29 is 14.3 Å². The maximum absolute atomic E-state index is 13.5. The topological polar surface area (TPSA) is 49.3 Å². The van der Waals surface area contributed by atoms with Gasteiger partial charge in [-0.2, -0.15) is 0 Å². The van der Waals surface area contributed by atoms with Crippen LogP contribution in [0.15, 0.2) is 54.6 Å². The summed E-state index contributed by atoms with van der Waals surface area (Å²) in [5.74, 6) is -0.723. The Hall–Kier alpha value is -2.20. The quantitative estimate of drug-likeness (QED) is 0.887. The average Bonchev–Trinajstić information content (AvgIpc) is 2.49. The molecule has 0 heterocycles. The Kier molecular flexibility index (Phi) is 4.70. The molecule has 1 amide bonds. The van der Waals surface area contributed by atoms with Crippen molar-refractivity contribution in [2.24, 2.45) is 0 Å². The van der Waals surface area contributed by atoms with Crippen LogP contribution in [-0.2, 0) is 16.8 Å². The van der Waals surface area contributed by atoms with Gasteiger partial charge < -0.3 is 10.4 Å². The molecule has 0 aliphatic rings. The van der Waals surface area contributed by atoms with Crippen molar-refractivity contribution >= 4 is 5.91 Å². The van der Waals surface area contributed by atoms with E-state index in [1.54, 1.807) is 37.3 Å².